The summed E-state index contributed by atoms with van der Waals surface area (Å²) in [5.41, 5.74) is 0.475. The lowest BCUT2D eigenvalue weighted by atomic mass is 10.2. The lowest BCUT2D eigenvalue weighted by Gasteiger charge is -2.28. The van der Waals surface area contributed by atoms with Crippen LogP contribution >= 0.6 is 11.6 Å². The van der Waals surface area contributed by atoms with Crippen molar-refractivity contribution in [3.8, 4) is 0 Å². The molecule has 6 nitrogen and oxygen atoms in total. The number of nitro groups is 1. The van der Waals surface area contributed by atoms with Gasteiger partial charge in [-0.05, 0) is 19.9 Å². The minimum absolute atomic E-state index is 0.00180. The highest BCUT2D eigenvalue weighted by Crippen LogP contribution is 2.30. The molecule has 1 aromatic carbocycles. The van der Waals surface area contributed by atoms with Crippen LogP contribution in [0.3, 0.4) is 0 Å². The van der Waals surface area contributed by atoms with E-state index in [1.807, 2.05) is 13.8 Å². The van der Waals surface area contributed by atoms with Crippen LogP contribution in [-0.4, -0.2) is 30.6 Å². The minimum Gasteiger partial charge on any atom is -0.468 e. The number of methoxy groups -OCH3 is 1. The van der Waals surface area contributed by atoms with Crippen molar-refractivity contribution >= 4 is 28.9 Å². The first-order valence-corrected chi connectivity index (χ1v) is 6.02. The lowest BCUT2D eigenvalue weighted by molar-refractivity contribution is -0.384. The molecule has 0 saturated heterocycles. The van der Waals surface area contributed by atoms with Crippen molar-refractivity contribution in [2.24, 2.45) is 0 Å². The number of non-ortho nitro benzene ring substituents is 1. The highest BCUT2D eigenvalue weighted by atomic mass is 35.5. The standard InChI is InChI=1S/C12H15ClN2O4/c1-8(2)14(7-12(16)19-3)11-5-4-9(15(17)18)6-10(11)13/h4-6,8H,7H2,1-3H3. The van der Waals surface area contributed by atoms with Crippen molar-refractivity contribution in [1.82, 2.24) is 0 Å². The molecule has 19 heavy (non-hydrogen) atoms. The number of hydrogen-bond acceptors (Lipinski definition) is 5. The van der Waals surface area contributed by atoms with Crippen molar-refractivity contribution in [3.05, 3.63) is 33.3 Å². The number of hydrogen-bond donors (Lipinski definition) is 0. The normalized spacial score (nSPS) is 10.4. The maximum Gasteiger partial charge on any atom is 0.325 e. The molecule has 0 aliphatic heterocycles. The Hall–Kier alpha value is -1.82. The number of nitro benzene ring substituents is 1. The number of ether oxygens (including phenoxy) is 1. The van der Waals surface area contributed by atoms with Gasteiger partial charge in [-0.2, -0.15) is 0 Å². The van der Waals surface area contributed by atoms with Gasteiger partial charge in [0.05, 0.1) is 22.7 Å². The van der Waals surface area contributed by atoms with E-state index >= 15 is 0 Å². The van der Waals surface area contributed by atoms with E-state index in [2.05, 4.69) is 4.74 Å². The number of benzene rings is 1. The summed E-state index contributed by atoms with van der Waals surface area (Å²) in [6, 6.07) is 4.15. The summed E-state index contributed by atoms with van der Waals surface area (Å²) < 4.78 is 4.62. The Morgan fingerprint density at radius 3 is 2.58 bits per heavy atom. The van der Waals surface area contributed by atoms with E-state index in [1.165, 1.54) is 25.3 Å². The molecule has 0 radical (unpaired) electrons. The third-order valence-corrected chi connectivity index (χ3v) is 2.90. The van der Waals surface area contributed by atoms with Gasteiger partial charge in [0.2, 0.25) is 0 Å². The fourth-order valence-electron chi connectivity index (χ4n) is 1.59. The van der Waals surface area contributed by atoms with Crippen molar-refractivity contribution in [3.63, 3.8) is 0 Å². The van der Waals surface area contributed by atoms with Crippen molar-refractivity contribution in [2.45, 2.75) is 19.9 Å². The molecular formula is C12H15ClN2O4. The van der Waals surface area contributed by atoms with E-state index in [0.29, 0.717) is 5.69 Å². The molecule has 0 N–H and O–H groups in total. The predicted molar refractivity (Wildman–Crippen MR) is 72.6 cm³/mol. The average Bonchev–Trinajstić information content (AvgIpc) is 2.35. The molecule has 7 heteroatoms. The Bertz CT molecular complexity index is 491. The lowest BCUT2D eigenvalue weighted by Crippen LogP contribution is -2.36. The van der Waals surface area contributed by atoms with E-state index in [0.717, 1.165) is 0 Å². The molecule has 0 saturated carbocycles. The number of nitrogens with zero attached hydrogens (tertiary/aromatic N) is 2. The predicted octanol–water partition coefficient (Wildman–Crippen LogP) is 2.64. The molecule has 0 aliphatic rings. The van der Waals surface area contributed by atoms with Crippen molar-refractivity contribution in [2.75, 3.05) is 18.6 Å². The Morgan fingerprint density at radius 2 is 2.16 bits per heavy atom. The molecule has 1 rings (SSSR count). The van der Waals surface area contributed by atoms with Gasteiger partial charge in [-0.15, -0.1) is 0 Å². The summed E-state index contributed by atoms with van der Waals surface area (Å²) in [7, 11) is 1.30. The van der Waals surface area contributed by atoms with Crippen molar-refractivity contribution < 1.29 is 14.5 Å². The fraction of sp³-hybridized carbons (Fsp3) is 0.417. The van der Waals surface area contributed by atoms with Gasteiger partial charge in [0.1, 0.15) is 6.54 Å². The summed E-state index contributed by atoms with van der Waals surface area (Å²) in [6.45, 7) is 3.81. The van der Waals surface area contributed by atoms with E-state index in [9.17, 15) is 14.9 Å². The molecule has 0 fully saturated rings. The summed E-state index contributed by atoms with van der Waals surface area (Å²) in [6.07, 6.45) is 0. The average molecular weight is 287 g/mol. The number of carbonyl (C=O) groups excluding carboxylic acids is 1. The zero-order valence-electron chi connectivity index (χ0n) is 10.9. The summed E-state index contributed by atoms with van der Waals surface area (Å²) in [5, 5.41) is 10.9. The second-order valence-corrected chi connectivity index (χ2v) is 4.60. The topological polar surface area (TPSA) is 72.7 Å². The first kappa shape index (κ1) is 15.2. The second kappa shape index (κ2) is 6.38. The molecule has 0 amide bonds. The fourth-order valence-corrected chi connectivity index (χ4v) is 1.88. The summed E-state index contributed by atoms with van der Waals surface area (Å²) in [5.74, 6) is -0.400. The first-order valence-electron chi connectivity index (χ1n) is 5.64. The van der Waals surface area contributed by atoms with E-state index in [1.54, 1.807) is 4.90 Å². The van der Waals surface area contributed by atoms with E-state index in [4.69, 9.17) is 11.6 Å². The molecule has 0 heterocycles. The molecule has 0 unspecified atom stereocenters. The molecule has 0 aliphatic carbocycles. The Morgan fingerprint density at radius 1 is 1.53 bits per heavy atom. The van der Waals surface area contributed by atoms with Crippen LogP contribution in [0.4, 0.5) is 11.4 Å². The van der Waals surface area contributed by atoms with Gasteiger partial charge >= 0.3 is 5.97 Å². The van der Waals surface area contributed by atoms with Gasteiger partial charge in [-0.1, -0.05) is 11.6 Å². The third kappa shape index (κ3) is 3.82. The highest BCUT2D eigenvalue weighted by molar-refractivity contribution is 6.33. The number of esters is 1. The Kier molecular flexibility index (Phi) is 5.11. The number of carbonyl (C=O) groups is 1. The quantitative estimate of drug-likeness (QED) is 0.473. The highest BCUT2D eigenvalue weighted by Gasteiger charge is 2.19. The zero-order valence-corrected chi connectivity index (χ0v) is 11.7. The van der Waals surface area contributed by atoms with Crippen LogP contribution in [-0.2, 0) is 9.53 Å². The number of halogens is 1. The molecule has 0 bridgehead atoms. The second-order valence-electron chi connectivity index (χ2n) is 4.19. The van der Waals surface area contributed by atoms with Gasteiger partial charge in [-0.3, -0.25) is 14.9 Å². The maximum absolute atomic E-state index is 11.4. The van der Waals surface area contributed by atoms with E-state index in [-0.39, 0.29) is 23.3 Å². The number of rotatable bonds is 5. The molecule has 0 aromatic heterocycles. The van der Waals surface area contributed by atoms with Crippen LogP contribution in [0.1, 0.15) is 13.8 Å². The largest absolute Gasteiger partial charge is 0.468 e. The summed E-state index contributed by atoms with van der Waals surface area (Å²) >= 11 is 6.04. The van der Waals surface area contributed by atoms with Gasteiger partial charge in [-0.25, -0.2) is 0 Å². The van der Waals surface area contributed by atoms with Gasteiger partial charge < -0.3 is 9.64 Å². The molecule has 1 aromatic rings. The van der Waals surface area contributed by atoms with Gasteiger partial charge in [0, 0.05) is 18.2 Å². The summed E-state index contributed by atoms with van der Waals surface area (Å²) in [4.78, 5) is 23.2. The molecule has 0 spiro atoms. The van der Waals surface area contributed by atoms with Crippen LogP contribution in [0, 0.1) is 10.1 Å². The van der Waals surface area contributed by atoms with Crippen molar-refractivity contribution in [1.29, 1.82) is 0 Å². The Labute approximate surface area is 116 Å². The SMILES string of the molecule is COC(=O)CN(c1ccc([N+](=O)[O-])cc1Cl)C(C)C. The maximum atomic E-state index is 11.4. The first-order chi connectivity index (χ1) is 8.86. The molecular weight excluding hydrogens is 272 g/mol. The zero-order chi connectivity index (χ0) is 14.6. The minimum atomic E-state index is -0.518. The van der Waals surface area contributed by atoms with Crippen LogP contribution in [0.15, 0.2) is 18.2 Å². The van der Waals surface area contributed by atoms with Crippen LogP contribution in [0.2, 0.25) is 5.02 Å². The Balaban J connectivity index is 3.09. The van der Waals surface area contributed by atoms with Crippen LogP contribution < -0.4 is 4.90 Å². The monoisotopic (exact) mass is 286 g/mol. The molecule has 104 valence electrons. The number of anilines is 1. The van der Waals surface area contributed by atoms with Gasteiger partial charge in [0.15, 0.2) is 0 Å². The van der Waals surface area contributed by atoms with E-state index < -0.39 is 10.9 Å². The van der Waals surface area contributed by atoms with Crippen LogP contribution in [0.5, 0.6) is 0 Å². The third-order valence-electron chi connectivity index (χ3n) is 2.60. The van der Waals surface area contributed by atoms with Crippen LogP contribution in [0.25, 0.3) is 0 Å². The smallest absolute Gasteiger partial charge is 0.325 e. The molecule has 0 atom stereocenters. The van der Waals surface area contributed by atoms with Gasteiger partial charge in [0.25, 0.3) is 5.69 Å².